The first-order valence-corrected chi connectivity index (χ1v) is 6.22. The standard InChI is InChI=1S/C15H14ClNO2/c1-10-4-2-3-5-12(10)9-19-15(18)11-6-7-13(16)14(17)8-11/h2-8H,9,17H2,1H3. The van der Waals surface area contributed by atoms with Gasteiger partial charge in [-0.1, -0.05) is 35.9 Å². The minimum atomic E-state index is -0.411. The van der Waals surface area contributed by atoms with E-state index in [1.807, 2.05) is 31.2 Å². The molecule has 0 aliphatic rings. The zero-order chi connectivity index (χ0) is 13.8. The number of nitrogens with two attached hydrogens (primary N) is 1. The highest BCUT2D eigenvalue weighted by molar-refractivity contribution is 6.33. The summed E-state index contributed by atoms with van der Waals surface area (Å²) in [7, 11) is 0. The highest BCUT2D eigenvalue weighted by Gasteiger charge is 2.09. The Kier molecular flexibility index (Phi) is 4.07. The fourth-order valence-electron chi connectivity index (χ4n) is 1.67. The van der Waals surface area contributed by atoms with Crippen molar-refractivity contribution in [3.8, 4) is 0 Å². The molecule has 0 amide bonds. The quantitative estimate of drug-likeness (QED) is 0.688. The Morgan fingerprint density at radius 1 is 1.26 bits per heavy atom. The third kappa shape index (κ3) is 3.26. The van der Waals surface area contributed by atoms with Gasteiger partial charge in [-0.3, -0.25) is 0 Å². The lowest BCUT2D eigenvalue weighted by Crippen LogP contribution is -2.06. The normalized spacial score (nSPS) is 10.2. The molecule has 2 rings (SSSR count). The first-order valence-electron chi connectivity index (χ1n) is 5.84. The molecule has 0 bridgehead atoms. The maximum absolute atomic E-state index is 11.9. The zero-order valence-electron chi connectivity index (χ0n) is 10.5. The summed E-state index contributed by atoms with van der Waals surface area (Å²) < 4.78 is 5.25. The van der Waals surface area contributed by atoms with E-state index < -0.39 is 5.97 Å². The molecule has 2 aromatic rings. The number of esters is 1. The summed E-state index contributed by atoms with van der Waals surface area (Å²) in [4.78, 5) is 11.9. The van der Waals surface area contributed by atoms with E-state index in [1.165, 1.54) is 6.07 Å². The molecule has 3 nitrogen and oxygen atoms in total. The van der Waals surface area contributed by atoms with Gasteiger partial charge in [0.2, 0.25) is 0 Å². The molecule has 0 saturated heterocycles. The number of aryl methyl sites for hydroxylation is 1. The number of nitrogen functional groups attached to an aromatic ring is 1. The van der Waals surface area contributed by atoms with E-state index in [9.17, 15) is 4.79 Å². The van der Waals surface area contributed by atoms with Crippen LogP contribution in [-0.4, -0.2) is 5.97 Å². The smallest absolute Gasteiger partial charge is 0.338 e. The van der Waals surface area contributed by atoms with Crippen molar-refractivity contribution in [2.75, 3.05) is 5.73 Å². The Morgan fingerprint density at radius 3 is 2.68 bits per heavy atom. The molecule has 2 aromatic carbocycles. The summed E-state index contributed by atoms with van der Waals surface area (Å²) in [6.07, 6.45) is 0. The van der Waals surface area contributed by atoms with Gasteiger partial charge in [0.05, 0.1) is 16.3 Å². The SMILES string of the molecule is Cc1ccccc1COC(=O)c1ccc(Cl)c(N)c1. The van der Waals surface area contributed by atoms with Crippen molar-refractivity contribution in [1.82, 2.24) is 0 Å². The fourth-order valence-corrected chi connectivity index (χ4v) is 1.79. The number of hydrogen-bond acceptors (Lipinski definition) is 3. The molecule has 4 heteroatoms. The molecular weight excluding hydrogens is 262 g/mol. The third-order valence-corrected chi connectivity index (χ3v) is 3.20. The molecule has 0 spiro atoms. The van der Waals surface area contributed by atoms with E-state index in [1.54, 1.807) is 12.1 Å². The molecule has 0 atom stereocenters. The largest absolute Gasteiger partial charge is 0.457 e. The van der Waals surface area contributed by atoms with Crippen molar-refractivity contribution in [2.24, 2.45) is 0 Å². The van der Waals surface area contributed by atoms with Crippen LogP contribution in [0.1, 0.15) is 21.5 Å². The van der Waals surface area contributed by atoms with Gasteiger partial charge in [-0.25, -0.2) is 4.79 Å². The van der Waals surface area contributed by atoms with Gasteiger partial charge in [0.1, 0.15) is 6.61 Å². The molecule has 0 aromatic heterocycles. The summed E-state index contributed by atoms with van der Waals surface area (Å²) in [6.45, 7) is 2.22. The molecule has 0 saturated carbocycles. The van der Waals surface area contributed by atoms with Crippen molar-refractivity contribution >= 4 is 23.3 Å². The highest BCUT2D eigenvalue weighted by atomic mass is 35.5. The molecule has 2 N–H and O–H groups in total. The number of carbonyl (C=O) groups excluding carboxylic acids is 1. The summed E-state index contributed by atoms with van der Waals surface area (Å²) in [5.41, 5.74) is 8.49. The Balaban J connectivity index is 2.05. The maximum Gasteiger partial charge on any atom is 0.338 e. The van der Waals surface area contributed by atoms with Gasteiger partial charge in [-0.2, -0.15) is 0 Å². The summed E-state index contributed by atoms with van der Waals surface area (Å²) in [6, 6.07) is 12.5. The van der Waals surface area contributed by atoms with Crippen LogP contribution < -0.4 is 5.73 Å². The van der Waals surface area contributed by atoms with Crippen LogP contribution in [0.4, 0.5) is 5.69 Å². The van der Waals surface area contributed by atoms with Crippen LogP contribution >= 0.6 is 11.6 Å². The monoisotopic (exact) mass is 275 g/mol. The molecule has 0 aliphatic heterocycles. The molecule has 0 unspecified atom stereocenters. The van der Waals surface area contributed by atoms with Crippen LogP contribution in [0.3, 0.4) is 0 Å². The summed E-state index contributed by atoms with van der Waals surface area (Å²) >= 11 is 5.80. The van der Waals surface area contributed by atoms with Crippen LogP contribution in [0, 0.1) is 6.92 Å². The minimum Gasteiger partial charge on any atom is -0.457 e. The van der Waals surface area contributed by atoms with Crippen LogP contribution in [0.15, 0.2) is 42.5 Å². The van der Waals surface area contributed by atoms with Crippen LogP contribution in [0.2, 0.25) is 5.02 Å². The average Bonchev–Trinajstić information content (AvgIpc) is 2.40. The molecule has 19 heavy (non-hydrogen) atoms. The summed E-state index contributed by atoms with van der Waals surface area (Å²) in [5, 5.41) is 0.426. The second kappa shape index (κ2) is 5.76. The number of ether oxygens (including phenoxy) is 1. The predicted molar refractivity (Wildman–Crippen MR) is 76.2 cm³/mol. The first kappa shape index (κ1) is 13.4. The second-order valence-corrected chi connectivity index (χ2v) is 4.65. The lowest BCUT2D eigenvalue weighted by molar-refractivity contribution is 0.0472. The van der Waals surface area contributed by atoms with Crippen LogP contribution in [-0.2, 0) is 11.3 Å². The number of anilines is 1. The first-order chi connectivity index (χ1) is 9.08. The van der Waals surface area contributed by atoms with Crippen molar-refractivity contribution in [1.29, 1.82) is 0 Å². The zero-order valence-corrected chi connectivity index (χ0v) is 11.3. The highest BCUT2D eigenvalue weighted by Crippen LogP contribution is 2.20. The Labute approximate surface area is 117 Å². The van der Waals surface area contributed by atoms with E-state index in [4.69, 9.17) is 22.1 Å². The van der Waals surface area contributed by atoms with E-state index in [-0.39, 0.29) is 6.61 Å². The second-order valence-electron chi connectivity index (χ2n) is 4.24. The summed E-state index contributed by atoms with van der Waals surface area (Å²) in [5.74, 6) is -0.411. The van der Waals surface area contributed by atoms with Crippen molar-refractivity contribution in [3.05, 3.63) is 64.2 Å². The Morgan fingerprint density at radius 2 is 2.00 bits per heavy atom. The lowest BCUT2D eigenvalue weighted by atomic mass is 10.1. The topological polar surface area (TPSA) is 52.3 Å². The number of halogens is 1. The van der Waals surface area contributed by atoms with Crippen LogP contribution in [0.5, 0.6) is 0 Å². The van der Waals surface area contributed by atoms with E-state index in [0.29, 0.717) is 16.3 Å². The molecule has 0 heterocycles. The molecule has 0 radical (unpaired) electrons. The van der Waals surface area contributed by atoms with Crippen LogP contribution in [0.25, 0.3) is 0 Å². The van der Waals surface area contributed by atoms with Gasteiger partial charge in [-0.15, -0.1) is 0 Å². The Hall–Kier alpha value is -2.00. The Bertz CT molecular complexity index is 611. The van der Waals surface area contributed by atoms with Crippen molar-refractivity contribution in [3.63, 3.8) is 0 Å². The van der Waals surface area contributed by atoms with E-state index in [0.717, 1.165) is 11.1 Å². The molecule has 0 fully saturated rings. The fraction of sp³-hybridized carbons (Fsp3) is 0.133. The van der Waals surface area contributed by atoms with Crippen molar-refractivity contribution in [2.45, 2.75) is 13.5 Å². The van der Waals surface area contributed by atoms with Gasteiger partial charge in [-0.05, 0) is 36.2 Å². The maximum atomic E-state index is 11.9. The number of hydrogen-bond donors (Lipinski definition) is 1. The number of benzene rings is 2. The van der Waals surface area contributed by atoms with Gasteiger partial charge in [0, 0.05) is 0 Å². The van der Waals surface area contributed by atoms with E-state index >= 15 is 0 Å². The molecule has 98 valence electrons. The van der Waals surface area contributed by atoms with Gasteiger partial charge in [0.25, 0.3) is 0 Å². The number of carbonyl (C=O) groups is 1. The lowest BCUT2D eigenvalue weighted by Gasteiger charge is -2.08. The van der Waals surface area contributed by atoms with Gasteiger partial charge >= 0.3 is 5.97 Å². The predicted octanol–water partition coefficient (Wildman–Crippen LogP) is 3.59. The minimum absolute atomic E-state index is 0.244. The van der Waals surface area contributed by atoms with Crippen molar-refractivity contribution < 1.29 is 9.53 Å². The third-order valence-electron chi connectivity index (χ3n) is 2.85. The number of rotatable bonds is 3. The van der Waals surface area contributed by atoms with Gasteiger partial charge in [0.15, 0.2) is 0 Å². The van der Waals surface area contributed by atoms with Gasteiger partial charge < -0.3 is 10.5 Å². The average molecular weight is 276 g/mol. The molecular formula is C15H14ClNO2. The van der Waals surface area contributed by atoms with E-state index in [2.05, 4.69) is 0 Å². The molecule has 0 aliphatic carbocycles.